The van der Waals surface area contributed by atoms with Gasteiger partial charge in [0.05, 0.1) is 5.02 Å². The first-order valence-electron chi connectivity index (χ1n) is 6.01. The SMILES string of the molecule is CSCCCCCNCc1cc(Cl)cc(Cl)c1O. The zero-order valence-electron chi connectivity index (χ0n) is 10.5. The third kappa shape index (κ3) is 5.70. The highest BCUT2D eigenvalue weighted by Crippen LogP contribution is 2.30. The first-order chi connectivity index (χ1) is 8.65. The van der Waals surface area contributed by atoms with E-state index >= 15 is 0 Å². The van der Waals surface area contributed by atoms with Crippen LogP contribution < -0.4 is 5.32 Å². The molecule has 0 saturated heterocycles. The number of aromatic hydroxyl groups is 1. The van der Waals surface area contributed by atoms with Crippen molar-refractivity contribution in [3.8, 4) is 5.75 Å². The number of halogens is 2. The Hall–Kier alpha value is -0.0900. The third-order valence-electron chi connectivity index (χ3n) is 2.62. The van der Waals surface area contributed by atoms with Gasteiger partial charge in [-0.15, -0.1) is 0 Å². The summed E-state index contributed by atoms with van der Waals surface area (Å²) in [6, 6.07) is 3.29. The zero-order chi connectivity index (χ0) is 13.4. The third-order valence-corrected chi connectivity index (χ3v) is 3.83. The number of phenols is 1. The van der Waals surface area contributed by atoms with Crippen molar-refractivity contribution >= 4 is 35.0 Å². The van der Waals surface area contributed by atoms with Gasteiger partial charge in [0.2, 0.25) is 0 Å². The highest BCUT2D eigenvalue weighted by molar-refractivity contribution is 7.98. The van der Waals surface area contributed by atoms with E-state index in [0.29, 0.717) is 16.6 Å². The molecule has 0 amide bonds. The quantitative estimate of drug-likeness (QED) is 0.701. The zero-order valence-corrected chi connectivity index (χ0v) is 12.8. The maximum Gasteiger partial charge on any atom is 0.138 e. The minimum absolute atomic E-state index is 0.121. The maximum atomic E-state index is 9.76. The molecule has 1 rings (SSSR count). The van der Waals surface area contributed by atoms with Crippen LogP contribution in [0.1, 0.15) is 24.8 Å². The average molecular weight is 308 g/mol. The Kier molecular flexibility index (Phi) is 7.91. The van der Waals surface area contributed by atoms with Crippen molar-refractivity contribution in [2.45, 2.75) is 25.8 Å². The Bertz CT molecular complexity index is 374. The Morgan fingerprint density at radius 2 is 2.00 bits per heavy atom. The summed E-state index contributed by atoms with van der Waals surface area (Å²) in [6.45, 7) is 1.53. The molecule has 0 fully saturated rings. The van der Waals surface area contributed by atoms with Crippen LogP contribution >= 0.6 is 35.0 Å². The molecule has 0 unspecified atom stereocenters. The lowest BCUT2D eigenvalue weighted by Gasteiger charge is -2.08. The molecule has 102 valence electrons. The molecule has 0 saturated carbocycles. The van der Waals surface area contributed by atoms with Crippen molar-refractivity contribution in [2.24, 2.45) is 0 Å². The predicted octanol–water partition coefficient (Wildman–Crippen LogP) is 4.32. The molecule has 0 aromatic heterocycles. The van der Waals surface area contributed by atoms with E-state index in [2.05, 4.69) is 11.6 Å². The maximum absolute atomic E-state index is 9.76. The Morgan fingerprint density at radius 3 is 2.72 bits per heavy atom. The van der Waals surface area contributed by atoms with Crippen LogP contribution in [0.5, 0.6) is 5.75 Å². The van der Waals surface area contributed by atoms with E-state index in [9.17, 15) is 5.11 Å². The van der Waals surface area contributed by atoms with Crippen molar-refractivity contribution in [3.05, 3.63) is 27.7 Å². The van der Waals surface area contributed by atoms with Gasteiger partial charge in [-0.3, -0.25) is 0 Å². The molecule has 0 aliphatic rings. The topological polar surface area (TPSA) is 32.3 Å². The van der Waals surface area contributed by atoms with Gasteiger partial charge in [-0.05, 0) is 43.5 Å². The van der Waals surface area contributed by atoms with Gasteiger partial charge in [-0.25, -0.2) is 0 Å². The molecule has 2 N–H and O–H groups in total. The molecule has 0 bridgehead atoms. The van der Waals surface area contributed by atoms with Gasteiger partial charge < -0.3 is 10.4 Å². The van der Waals surface area contributed by atoms with E-state index in [-0.39, 0.29) is 5.75 Å². The molecule has 1 aromatic rings. The second-order valence-electron chi connectivity index (χ2n) is 4.13. The molecule has 1 aromatic carbocycles. The summed E-state index contributed by atoms with van der Waals surface area (Å²) in [5, 5.41) is 13.9. The van der Waals surface area contributed by atoms with Gasteiger partial charge in [0.1, 0.15) is 5.75 Å². The average Bonchev–Trinajstić information content (AvgIpc) is 2.33. The molecule has 0 aliphatic carbocycles. The van der Waals surface area contributed by atoms with Crippen LogP contribution in [-0.4, -0.2) is 23.7 Å². The van der Waals surface area contributed by atoms with Crippen molar-refractivity contribution < 1.29 is 5.11 Å². The summed E-state index contributed by atoms with van der Waals surface area (Å²) < 4.78 is 0. The van der Waals surface area contributed by atoms with E-state index in [1.165, 1.54) is 18.6 Å². The lowest BCUT2D eigenvalue weighted by Crippen LogP contribution is -2.14. The second kappa shape index (κ2) is 8.92. The number of hydrogen-bond acceptors (Lipinski definition) is 3. The monoisotopic (exact) mass is 307 g/mol. The largest absolute Gasteiger partial charge is 0.506 e. The van der Waals surface area contributed by atoms with E-state index in [1.807, 2.05) is 11.8 Å². The number of unbranched alkanes of at least 4 members (excludes halogenated alkanes) is 2. The summed E-state index contributed by atoms with van der Waals surface area (Å²) in [7, 11) is 0. The van der Waals surface area contributed by atoms with Gasteiger partial charge >= 0.3 is 0 Å². The van der Waals surface area contributed by atoms with Crippen LogP contribution in [0.15, 0.2) is 12.1 Å². The van der Waals surface area contributed by atoms with Crippen molar-refractivity contribution in [3.63, 3.8) is 0 Å². The molecule has 2 nitrogen and oxygen atoms in total. The first-order valence-corrected chi connectivity index (χ1v) is 8.16. The highest BCUT2D eigenvalue weighted by Gasteiger charge is 2.07. The Labute approximate surface area is 123 Å². The van der Waals surface area contributed by atoms with Crippen LogP contribution in [-0.2, 0) is 6.54 Å². The van der Waals surface area contributed by atoms with E-state index in [0.717, 1.165) is 18.5 Å². The second-order valence-corrected chi connectivity index (χ2v) is 5.95. The van der Waals surface area contributed by atoms with Crippen LogP contribution in [0.4, 0.5) is 0 Å². The van der Waals surface area contributed by atoms with Crippen LogP contribution in [0.25, 0.3) is 0 Å². The highest BCUT2D eigenvalue weighted by atomic mass is 35.5. The van der Waals surface area contributed by atoms with Crippen LogP contribution in [0.3, 0.4) is 0 Å². The fourth-order valence-electron chi connectivity index (χ4n) is 1.65. The molecule has 0 aliphatic heterocycles. The minimum atomic E-state index is 0.121. The van der Waals surface area contributed by atoms with Crippen molar-refractivity contribution in [1.82, 2.24) is 5.32 Å². The fraction of sp³-hybridized carbons (Fsp3) is 0.538. The number of thioether (sulfide) groups is 1. The van der Waals surface area contributed by atoms with Gasteiger partial charge in [0.15, 0.2) is 0 Å². The summed E-state index contributed by atoms with van der Waals surface area (Å²) in [5.74, 6) is 1.35. The van der Waals surface area contributed by atoms with Crippen LogP contribution in [0.2, 0.25) is 10.0 Å². The molecule has 0 radical (unpaired) electrons. The van der Waals surface area contributed by atoms with Gasteiger partial charge in [-0.1, -0.05) is 29.6 Å². The first kappa shape index (κ1) is 16.0. The molecule has 0 spiro atoms. The normalized spacial score (nSPS) is 10.8. The molecule has 18 heavy (non-hydrogen) atoms. The Morgan fingerprint density at radius 1 is 1.22 bits per heavy atom. The lowest BCUT2D eigenvalue weighted by molar-refractivity contribution is 0.464. The molecular weight excluding hydrogens is 289 g/mol. The van der Waals surface area contributed by atoms with Gasteiger partial charge in [0, 0.05) is 17.1 Å². The standard InChI is InChI=1S/C13H19Cl2NOS/c1-18-6-4-2-3-5-16-9-10-7-11(14)8-12(15)13(10)17/h7-8,16-17H,2-6,9H2,1H3. The molecule has 0 atom stereocenters. The number of rotatable bonds is 8. The number of nitrogens with one attached hydrogen (secondary N) is 1. The number of phenolic OH excluding ortho intramolecular Hbond substituents is 1. The smallest absolute Gasteiger partial charge is 0.138 e. The fourth-order valence-corrected chi connectivity index (χ4v) is 2.68. The number of hydrogen-bond donors (Lipinski definition) is 2. The molecule has 5 heteroatoms. The van der Waals surface area contributed by atoms with Crippen molar-refractivity contribution in [2.75, 3.05) is 18.6 Å². The summed E-state index contributed by atoms with van der Waals surface area (Å²) in [4.78, 5) is 0. The van der Waals surface area contributed by atoms with E-state index in [4.69, 9.17) is 23.2 Å². The molecule has 0 heterocycles. The van der Waals surface area contributed by atoms with E-state index < -0.39 is 0 Å². The summed E-state index contributed by atoms with van der Waals surface area (Å²) in [5.41, 5.74) is 0.747. The lowest BCUT2D eigenvalue weighted by atomic mass is 10.2. The summed E-state index contributed by atoms with van der Waals surface area (Å²) in [6.07, 6.45) is 5.77. The molecular formula is C13H19Cl2NOS. The summed E-state index contributed by atoms with van der Waals surface area (Å²) >= 11 is 13.6. The van der Waals surface area contributed by atoms with Crippen molar-refractivity contribution in [1.29, 1.82) is 0 Å². The predicted molar refractivity (Wildman–Crippen MR) is 82.1 cm³/mol. The van der Waals surface area contributed by atoms with Gasteiger partial charge in [-0.2, -0.15) is 11.8 Å². The number of benzene rings is 1. The Balaban J connectivity index is 2.27. The minimum Gasteiger partial charge on any atom is -0.506 e. The van der Waals surface area contributed by atoms with E-state index in [1.54, 1.807) is 12.1 Å². The van der Waals surface area contributed by atoms with Crippen LogP contribution in [0, 0.1) is 0 Å². The van der Waals surface area contributed by atoms with Gasteiger partial charge in [0.25, 0.3) is 0 Å².